The summed E-state index contributed by atoms with van der Waals surface area (Å²) in [7, 11) is 0. The average molecular weight is 566 g/mol. The lowest BCUT2D eigenvalue weighted by Gasteiger charge is -2.41. The highest BCUT2D eigenvalue weighted by Gasteiger charge is 2.34. The summed E-state index contributed by atoms with van der Waals surface area (Å²) < 4.78 is 6.22. The minimum atomic E-state index is 0.110. The summed E-state index contributed by atoms with van der Waals surface area (Å²) in [4.78, 5) is 47.1. The molecule has 5 rings (SSSR count). The Morgan fingerprint density at radius 2 is 1.78 bits per heavy atom. The van der Waals surface area contributed by atoms with Gasteiger partial charge < -0.3 is 24.8 Å². The molecular weight excluding hydrogens is 518 g/mol. The first kappa shape index (κ1) is 29.6. The average Bonchev–Trinajstić information content (AvgIpc) is 3.49. The molecule has 1 aromatic carbocycles. The number of piperidine rings is 2. The molecule has 0 unspecified atom stereocenters. The first-order valence-electron chi connectivity index (χ1n) is 15.6. The number of nitrogens with one attached hydrogen (secondary N) is 1. The smallest absolute Gasteiger partial charge is 0.236 e. The Bertz CT molecular complexity index is 1080. The number of fused-ring (bicyclic) bond motifs is 3. The molecule has 2 bridgehead atoms. The quantitative estimate of drug-likeness (QED) is 0.534. The van der Waals surface area contributed by atoms with Crippen LogP contribution in [0.3, 0.4) is 0 Å². The van der Waals surface area contributed by atoms with Crippen LogP contribution in [-0.4, -0.2) is 109 Å². The predicted octanol–water partition coefficient (Wildman–Crippen LogP) is 2.51. The minimum Gasteiger partial charge on any atom is -0.489 e. The largest absolute Gasteiger partial charge is 0.489 e. The van der Waals surface area contributed by atoms with E-state index in [1.165, 1.54) is 12.8 Å². The molecule has 3 fully saturated rings. The van der Waals surface area contributed by atoms with Gasteiger partial charge in [0, 0.05) is 70.8 Å². The summed E-state index contributed by atoms with van der Waals surface area (Å²) in [6.45, 7) is 9.70. The Morgan fingerprint density at radius 3 is 2.56 bits per heavy atom. The molecule has 4 aliphatic rings. The standard InChI is InChI=1S/C32H47N5O4/c1-25(38)35-17-11-29(12-18-35)37-23-28-7-2-3-9-30(28)41-20-6-8-27-22-36(32(40)24-37)16-10-26(27)21-31(39)33-13-19-34-14-4-5-15-34/h2-3,6-9,26-27,29H,4-5,10-24H2,1H3,(H,33,39)/b8-6+/t26-,27-/m0/s1. The van der Waals surface area contributed by atoms with Gasteiger partial charge >= 0.3 is 0 Å². The molecule has 41 heavy (non-hydrogen) atoms. The summed E-state index contributed by atoms with van der Waals surface area (Å²) in [6, 6.07) is 8.31. The minimum absolute atomic E-state index is 0.110. The zero-order valence-corrected chi connectivity index (χ0v) is 24.6. The van der Waals surface area contributed by atoms with E-state index in [1.54, 1.807) is 6.92 Å². The van der Waals surface area contributed by atoms with Crippen LogP contribution in [0.15, 0.2) is 36.4 Å². The topological polar surface area (TPSA) is 85.4 Å². The van der Waals surface area contributed by atoms with Crippen molar-refractivity contribution in [3.63, 3.8) is 0 Å². The predicted molar refractivity (Wildman–Crippen MR) is 158 cm³/mol. The molecule has 3 saturated heterocycles. The van der Waals surface area contributed by atoms with Gasteiger partial charge in [0.15, 0.2) is 0 Å². The van der Waals surface area contributed by atoms with Crippen molar-refractivity contribution >= 4 is 17.7 Å². The number of amides is 3. The van der Waals surface area contributed by atoms with Gasteiger partial charge in [0.25, 0.3) is 0 Å². The molecule has 1 aromatic rings. The zero-order valence-electron chi connectivity index (χ0n) is 24.6. The van der Waals surface area contributed by atoms with E-state index in [9.17, 15) is 14.4 Å². The first-order valence-corrected chi connectivity index (χ1v) is 15.6. The number of para-hydroxylation sites is 1. The molecule has 0 aromatic heterocycles. The molecule has 4 heterocycles. The van der Waals surface area contributed by atoms with Crippen LogP contribution in [0.5, 0.6) is 5.75 Å². The number of benzene rings is 1. The molecule has 0 radical (unpaired) electrons. The molecule has 1 N–H and O–H groups in total. The van der Waals surface area contributed by atoms with E-state index in [0.717, 1.165) is 63.3 Å². The van der Waals surface area contributed by atoms with Crippen LogP contribution in [0.25, 0.3) is 0 Å². The van der Waals surface area contributed by atoms with Gasteiger partial charge in [-0.05, 0) is 63.1 Å². The third-order valence-electron chi connectivity index (χ3n) is 9.38. The van der Waals surface area contributed by atoms with Crippen molar-refractivity contribution in [3.05, 3.63) is 42.0 Å². The highest BCUT2D eigenvalue weighted by molar-refractivity contribution is 5.79. The van der Waals surface area contributed by atoms with Crippen LogP contribution in [0.2, 0.25) is 0 Å². The summed E-state index contributed by atoms with van der Waals surface area (Å²) in [5, 5.41) is 3.14. The van der Waals surface area contributed by atoms with Crippen molar-refractivity contribution in [3.8, 4) is 5.75 Å². The Hall–Kier alpha value is -2.91. The molecule has 3 amide bonds. The SMILES string of the molecule is CC(=O)N1CCC(N2CC(=O)N3CC[C@@H](CC(=O)NCCN4CCCC4)[C@@H](/C=C/COc4ccccc4C2)C3)CC1. The Morgan fingerprint density at radius 1 is 1.00 bits per heavy atom. The Labute approximate surface area is 244 Å². The molecule has 9 nitrogen and oxygen atoms in total. The monoisotopic (exact) mass is 565 g/mol. The molecule has 0 spiro atoms. The summed E-state index contributed by atoms with van der Waals surface area (Å²) >= 11 is 0. The molecule has 0 aliphatic carbocycles. The van der Waals surface area contributed by atoms with Gasteiger partial charge in [-0.2, -0.15) is 0 Å². The maximum absolute atomic E-state index is 13.7. The highest BCUT2D eigenvalue weighted by atomic mass is 16.5. The lowest BCUT2D eigenvalue weighted by Crippen LogP contribution is -2.51. The molecule has 2 atom stereocenters. The normalized spacial score (nSPS) is 25.8. The fourth-order valence-corrected chi connectivity index (χ4v) is 6.89. The third-order valence-corrected chi connectivity index (χ3v) is 9.38. The van der Waals surface area contributed by atoms with Crippen molar-refractivity contribution in [2.24, 2.45) is 11.8 Å². The van der Waals surface area contributed by atoms with E-state index >= 15 is 0 Å². The lowest BCUT2D eigenvalue weighted by atomic mass is 9.82. The van der Waals surface area contributed by atoms with Gasteiger partial charge in [0.05, 0.1) is 6.54 Å². The van der Waals surface area contributed by atoms with Crippen LogP contribution in [0.4, 0.5) is 0 Å². The van der Waals surface area contributed by atoms with Gasteiger partial charge in [-0.15, -0.1) is 0 Å². The summed E-state index contributed by atoms with van der Waals surface area (Å²) in [5.41, 5.74) is 1.07. The van der Waals surface area contributed by atoms with Gasteiger partial charge in [-0.25, -0.2) is 0 Å². The second-order valence-corrected chi connectivity index (χ2v) is 12.1. The van der Waals surface area contributed by atoms with Crippen molar-refractivity contribution in [2.45, 2.75) is 58.0 Å². The number of carbonyl (C=O) groups is 3. The molecular formula is C32H47N5O4. The Balaban J connectivity index is 1.26. The zero-order chi connectivity index (χ0) is 28.6. The fraction of sp³-hybridized carbons (Fsp3) is 0.656. The second kappa shape index (κ2) is 14.3. The Kier molecular flexibility index (Phi) is 10.3. The van der Waals surface area contributed by atoms with Crippen molar-refractivity contribution in [1.29, 1.82) is 0 Å². The number of likely N-dealkylation sites (tertiary alicyclic amines) is 2. The lowest BCUT2D eigenvalue weighted by molar-refractivity contribution is -0.137. The summed E-state index contributed by atoms with van der Waals surface area (Å²) in [6.07, 6.45) is 9.75. The van der Waals surface area contributed by atoms with Gasteiger partial charge in [0.2, 0.25) is 17.7 Å². The number of ether oxygens (including phenoxy) is 1. The number of carbonyl (C=O) groups excluding carboxylic acids is 3. The van der Waals surface area contributed by atoms with Crippen molar-refractivity contribution < 1.29 is 19.1 Å². The molecule has 224 valence electrons. The van der Waals surface area contributed by atoms with E-state index in [1.807, 2.05) is 28.0 Å². The van der Waals surface area contributed by atoms with E-state index in [0.29, 0.717) is 45.8 Å². The number of nitrogens with zero attached hydrogens (tertiary/aromatic N) is 4. The van der Waals surface area contributed by atoms with Crippen molar-refractivity contribution in [2.75, 3.05) is 65.5 Å². The second-order valence-electron chi connectivity index (χ2n) is 12.1. The van der Waals surface area contributed by atoms with Crippen LogP contribution in [0.1, 0.15) is 51.0 Å². The molecule has 4 aliphatic heterocycles. The molecule has 9 heteroatoms. The van der Waals surface area contributed by atoms with E-state index in [2.05, 4.69) is 33.3 Å². The summed E-state index contributed by atoms with van der Waals surface area (Å²) in [5.74, 6) is 1.52. The van der Waals surface area contributed by atoms with Gasteiger partial charge in [0.1, 0.15) is 12.4 Å². The van der Waals surface area contributed by atoms with Crippen LogP contribution >= 0.6 is 0 Å². The highest BCUT2D eigenvalue weighted by Crippen LogP contribution is 2.30. The van der Waals surface area contributed by atoms with Crippen LogP contribution in [-0.2, 0) is 20.9 Å². The number of hydrogen-bond acceptors (Lipinski definition) is 6. The maximum atomic E-state index is 13.7. The fourth-order valence-electron chi connectivity index (χ4n) is 6.89. The van der Waals surface area contributed by atoms with E-state index in [-0.39, 0.29) is 35.6 Å². The van der Waals surface area contributed by atoms with Crippen LogP contribution in [0, 0.1) is 11.8 Å². The third kappa shape index (κ3) is 8.10. The van der Waals surface area contributed by atoms with Gasteiger partial charge in [-0.1, -0.05) is 30.4 Å². The number of hydrogen-bond donors (Lipinski definition) is 1. The number of rotatable bonds is 6. The van der Waals surface area contributed by atoms with Crippen LogP contribution < -0.4 is 10.1 Å². The first-order chi connectivity index (χ1) is 20.0. The van der Waals surface area contributed by atoms with E-state index in [4.69, 9.17) is 4.74 Å². The maximum Gasteiger partial charge on any atom is 0.236 e. The van der Waals surface area contributed by atoms with Gasteiger partial charge in [-0.3, -0.25) is 19.3 Å². The molecule has 0 saturated carbocycles. The van der Waals surface area contributed by atoms with E-state index < -0.39 is 0 Å². The van der Waals surface area contributed by atoms with Crippen molar-refractivity contribution in [1.82, 2.24) is 24.9 Å².